The van der Waals surface area contributed by atoms with Crippen LogP contribution in [0.2, 0.25) is 5.02 Å². The molecule has 2 aromatic heterocycles. The van der Waals surface area contributed by atoms with Crippen LogP contribution in [-0.2, 0) is 10.0 Å². The van der Waals surface area contributed by atoms with Crippen LogP contribution in [-0.4, -0.2) is 18.4 Å². The summed E-state index contributed by atoms with van der Waals surface area (Å²) in [5, 5.41) is 0.807. The maximum absolute atomic E-state index is 14.1. The Morgan fingerprint density at radius 3 is 2.64 bits per heavy atom. The van der Waals surface area contributed by atoms with Crippen LogP contribution in [0.5, 0.6) is 0 Å². The number of halogens is 3. The molecule has 0 bridgehead atoms. The van der Waals surface area contributed by atoms with Crippen molar-refractivity contribution >= 4 is 38.3 Å². The van der Waals surface area contributed by atoms with Crippen molar-refractivity contribution in [2.75, 3.05) is 4.72 Å². The van der Waals surface area contributed by atoms with E-state index < -0.39 is 27.6 Å². The normalized spacial score (nSPS) is 12.1. The second kappa shape index (κ2) is 6.27. The molecule has 132 valence electrons. The standard InChI is InChI=1S/C16H14ClF2N3O2S/c1-8(2)11-6-12(18)16(21-15(11)19)22-25(23,24)14-7-20-13-5-9(17)3-4-10(13)14/h3-8,20H,1-2H3,(H,21,22). The van der Waals surface area contributed by atoms with Crippen molar-refractivity contribution in [1.29, 1.82) is 0 Å². The highest BCUT2D eigenvalue weighted by molar-refractivity contribution is 7.93. The first kappa shape index (κ1) is 17.6. The Bertz CT molecular complexity index is 1060. The smallest absolute Gasteiger partial charge is 0.265 e. The van der Waals surface area contributed by atoms with Gasteiger partial charge in [0.15, 0.2) is 11.6 Å². The van der Waals surface area contributed by atoms with E-state index in [-0.39, 0.29) is 16.4 Å². The molecule has 0 amide bonds. The number of benzene rings is 1. The number of pyridine rings is 1. The number of sulfonamides is 1. The third kappa shape index (κ3) is 3.32. The molecule has 0 atom stereocenters. The van der Waals surface area contributed by atoms with E-state index in [1.165, 1.54) is 18.3 Å². The largest absolute Gasteiger partial charge is 0.360 e. The van der Waals surface area contributed by atoms with Gasteiger partial charge in [0.2, 0.25) is 5.95 Å². The summed E-state index contributed by atoms with van der Waals surface area (Å²) in [5.41, 5.74) is 0.574. The summed E-state index contributed by atoms with van der Waals surface area (Å²) < 4.78 is 55.2. The first-order valence-electron chi connectivity index (χ1n) is 7.34. The fourth-order valence-electron chi connectivity index (χ4n) is 2.43. The van der Waals surface area contributed by atoms with Gasteiger partial charge in [-0.25, -0.2) is 12.8 Å². The topological polar surface area (TPSA) is 74.8 Å². The van der Waals surface area contributed by atoms with Gasteiger partial charge in [-0.1, -0.05) is 25.4 Å². The Hall–Kier alpha value is -2.19. The molecule has 1 aromatic carbocycles. The Morgan fingerprint density at radius 1 is 1.24 bits per heavy atom. The monoisotopic (exact) mass is 385 g/mol. The summed E-state index contributed by atoms with van der Waals surface area (Å²) in [6.45, 7) is 3.36. The van der Waals surface area contributed by atoms with E-state index in [2.05, 4.69) is 9.97 Å². The van der Waals surface area contributed by atoms with Crippen molar-refractivity contribution in [2.45, 2.75) is 24.7 Å². The van der Waals surface area contributed by atoms with Crippen molar-refractivity contribution in [2.24, 2.45) is 0 Å². The minimum absolute atomic E-state index is 0.0715. The minimum Gasteiger partial charge on any atom is -0.360 e. The zero-order valence-electron chi connectivity index (χ0n) is 13.3. The Kier molecular flexibility index (Phi) is 4.42. The molecule has 5 nitrogen and oxygen atoms in total. The lowest BCUT2D eigenvalue weighted by atomic mass is 10.1. The van der Waals surface area contributed by atoms with Crippen LogP contribution < -0.4 is 4.72 Å². The molecular weight excluding hydrogens is 372 g/mol. The number of hydrogen-bond donors (Lipinski definition) is 2. The summed E-state index contributed by atoms with van der Waals surface area (Å²) in [6, 6.07) is 5.56. The molecule has 9 heteroatoms. The minimum atomic E-state index is -4.18. The maximum Gasteiger partial charge on any atom is 0.265 e. The van der Waals surface area contributed by atoms with Gasteiger partial charge in [-0.15, -0.1) is 0 Å². The summed E-state index contributed by atoms with van der Waals surface area (Å²) in [6.07, 6.45) is 1.25. The van der Waals surface area contributed by atoms with E-state index in [1.54, 1.807) is 19.9 Å². The van der Waals surface area contributed by atoms with Gasteiger partial charge in [0.25, 0.3) is 10.0 Å². The number of fused-ring (bicyclic) bond motifs is 1. The molecular formula is C16H14ClF2N3O2S. The van der Waals surface area contributed by atoms with Crippen molar-refractivity contribution < 1.29 is 17.2 Å². The van der Waals surface area contributed by atoms with Crippen molar-refractivity contribution in [3.05, 3.63) is 52.8 Å². The lowest BCUT2D eigenvalue weighted by molar-refractivity contribution is 0.539. The number of nitrogens with zero attached hydrogens (tertiary/aromatic N) is 1. The van der Waals surface area contributed by atoms with E-state index in [1.807, 2.05) is 4.72 Å². The summed E-state index contributed by atoms with van der Waals surface area (Å²) in [5.74, 6) is -2.84. The lowest BCUT2D eigenvalue weighted by Crippen LogP contribution is -2.16. The van der Waals surface area contributed by atoms with Crippen molar-refractivity contribution in [1.82, 2.24) is 9.97 Å². The van der Waals surface area contributed by atoms with E-state index >= 15 is 0 Å². The zero-order chi connectivity index (χ0) is 18.4. The summed E-state index contributed by atoms with van der Waals surface area (Å²) in [7, 11) is -4.18. The molecule has 0 aliphatic rings. The predicted molar refractivity (Wildman–Crippen MR) is 92.4 cm³/mol. The third-order valence-electron chi connectivity index (χ3n) is 3.71. The summed E-state index contributed by atoms with van der Waals surface area (Å²) >= 11 is 5.86. The van der Waals surface area contributed by atoms with E-state index in [4.69, 9.17) is 11.6 Å². The number of aromatic amines is 1. The number of nitrogens with one attached hydrogen (secondary N) is 2. The van der Waals surface area contributed by atoms with Crippen LogP contribution >= 0.6 is 11.6 Å². The zero-order valence-corrected chi connectivity index (χ0v) is 14.8. The Balaban J connectivity index is 2.03. The molecule has 25 heavy (non-hydrogen) atoms. The highest BCUT2D eigenvalue weighted by atomic mass is 35.5. The average Bonchev–Trinajstić information content (AvgIpc) is 2.93. The van der Waals surface area contributed by atoms with E-state index in [0.29, 0.717) is 15.9 Å². The van der Waals surface area contributed by atoms with Gasteiger partial charge in [0.1, 0.15) is 4.90 Å². The van der Waals surface area contributed by atoms with Gasteiger partial charge < -0.3 is 4.98 Å². The number of rotatable bonds is 4. The number of H-pyrrole nitrogens is 1. The Labute approximate surface area is 148 Å². The molecule has 3 rings (SSSR count). The predicted octanol–water partition coefficient (Wildman–Crippen LogP) is 4.42. The van der Waals surface area contributed by atoms with E-state index in [9.17, 15) is 17.2 Å². The number of anilines is 1. The molecule has 3 aromatic rings. The van der Waals surface area contributed by atoms with Crippen LogP contribution in [0, 0.1) is 11.8 Å². The molecule has 0 aliphatic carbocycles. The summed E-state index contributed by atoms with van der Waals surface area (Å²) in [4.78, 5) is 6.08. The second-order valence-corrected chi connectivity index (χ2v) is 7.89. The van der Waals surface area contributed by atoms with Gasteiger partial charge in [0, 0.05) is 27.7 Å². The van der Waals surface area contributed by atoms with Crippen LogP contribution in [0.25, 0.3) is 10.9 Å². The highest BCUT2D eigenvalue weighted by Crippen LogP contribution is 2.28. The lowest BCUT2D eigenvalue weighted by Gasteiger charge is -2.11. The van der Waals surface area contributed by atoms with E-state index in [0.717, 1.165) is 6.07 Å². The van der Waals surface area contributed by atoms with Crippen LogP contribution in [0.4, 0.5) is 14.6 Å². The average molecular weight is 386 g/mol. The van der Waals surface area contributed by atoms with Crippen molar-refractivity contribution in [3.63, 3.8) is 0 Å². The van der Waals surface area contributed by atoms with Crippen LogP contribution in [0.3, 0.4) is 0 Å². The van der Waals surface area contributed by atoms with Gasteiger partial charge in [-0.2, -0.15) is 9.37 Å². The molecule has 2 N–H and O–H groups in total. The van der Waals surface area contributed by atoms with Gasteiger partial charge in [0.05, 0.1) is 0 Å². The number of aromatic nitrogens is 2. The quantitative estimate of drug-likeness (QED) is 0.653. The van der Waals surface area contributed by atoms with Gasteiger partial charge in [-0.3, -0.25) is 4.72 Å². The molecule has 2 heterocycles. The highest BCUT2D eigenvalue weighted by Gasteiger charge is 2.23. The molecule has 0 radical (unpaired) electrons. The number of hydrogen-bond acceptors (Lipinski definition) is 3. The first-order chi connectivity index (χ1) is 11.7. The maximum atomic E-state index is 14.1. The SMILES string of the molecule is CC(C)c1cc(F)c(NS(=O)(=O)c2c[nH]c3cc(Cl)ccc23)nc1F. The molecule has 0 spiro atoms. The second-order valence-electron chi connectivity index (χ2n) is 5.80. The fourth-order valence-corrected chi connectivity index (χ4v) is 3.79. The van der Waals surface area contributed by atoms with Crippen LogP contribution in [0.1, 0.15) is 25.3 Å². The fraction of sp³-hybridized carbons (Fsp3) is 0.188. The molecule has 0 fully saturated rings. The van der Waals surface area contributed by atoms with Crippen molar-refractivity contribution in [3.8, 4) is 0 Å². The van der Waals surface area contributed by atoms with Crippen LogP contribution in [0.15, 0.2) is 35.4 Å². The third-order valence-corrected chi connectivity index (χ3v) is 5.32. The van der Waals surface area contributed by atoms with Gasteiger partial charge >= 0.3 is 0 Å². The Morgan fingerprint density at radius 2 is 1.96 bits per heavy atom. The molecule has 0 unspecified atom stereocenters. The molecule has 0 saturated heterocycles. The molecule has 0 aliphatic heterocycles. The first-order valence-corrected chi connectivity index (χ1v) is 9.20. The van der Waals surface area contributed by atoms with Gasteiger partial charge in [-0.05, 0) is 30.2 Å². The molecule has 0 saturated carbocycles.